The Bertz CT molecular complexity index is 1260. The van der Waals surface area contributed by atoms with Gasteiger partial charge in [0.1, 0.15) is 11.6 Å². The van der Waals surface area contributed by atoms with Gasteiger partial charge in [-0.3, -0.25) is 14.4 Å². The Morgan fingerprint density at radius 1 is 1.11 bits per heavy atom. The predicted octanol–water partition coefficient (Wildman–Crippen LogP) is 5.21. The Morgan fingerprint density at radius 3 is 2.31 bits per heavy atom. The van der Waals surface area contributed by atoms with Gasteiger partial charge in [0.05, 0.1) is 30.6 Å². The van der Waals surface area contributed by atoms with Crippen molar-refractivity contribution < 1.29 is 24.2 Å². The maximum Gasteiger partial charge on any atom is 0.249 e. The third kappa shape index (κ3) is 6.50. The first-order valence-electron chi connectivity index (χ1n) is 16.6. The normalized spacial score (nSPS) is 27.2. The lowest BCUT2D eigenvalue weighted by molar-refractivity contribution is -0.157. The Kier molecular flexibility index (Phi) is 10.4. The van der Waals surface area contributed by atoms with Crippen molar-refractivity contribution in [2.24, 2.45) is 23.2 Å². The molecule has 3 aliphatic rings. The monoisotopic (exact) mass is 621 g/mol. The summed E-state index contributed by atoms with van der Waals surface area (Å²) >= 11 is 0. The molecule has 8 nitrogen and oxygen atoms in total. The molecule has 4 rings (SSSR count). The second kappa shape index (κ2) is 13.4. The highest BCUT2D eigenvalue weighted by molar-refractivity contribution is 5.99. The molecule has 3 fully saturated rings. The second-order valence-corrected chi connectivity index (χ2v) is 15.2. The number of benzene rings is 1. The molecule has 1 aromatic carbocycles. The zero-order valence-corrected chi connectivity index (χ0v) is 28.5. The van der Waals surface area contributed by atoms with Gasteiger partial charge in [0.2, 0.25) is 17.7 Å². The minimum absolute atomic E-state index is 0.0627. The molecular weight excluding hydrogens is 566 g/mol. The van der Waals surface area contributed by atoms with Gasteiger partial charge in [-0.05, 0) is 50.0 Å². The number of fused-ring (bicyclic) bond motifs is 1. The van der Waals surface area contributed by atoms with Crippen LogP contribution in [0.4, 0.5) is 0 Å². The molecule has 0 aromatic heterocycles. The van der Waals surface area contributed by atoms with Gasteiger partial charge in [0, 0.05) is 25.2 Å². The van der Waals surface area contributed by atoms with Crippen LogP contribution in [-0.2, 0) is 25.7 Å². The van der Waals surface area contributed by atoms with Crippen LogP contribution in [0.2, 0.25) is 0 Å². The third-order valence-corrected chi connectivity index (χ3v) is 10.3. The van der Waals surface area contributed by atoms with Crippen molar-refractivity contribution in [1.29, 1.82) is 0 Å². The summed E-state index contributed by atoms with van der Waals surface area (Å²) in [5, 5.41) is 10.7. The molecule has 8 heteroatoms. The molecule has 0 aliphatic carbocycles. The number of hydrogen-bond acceptors (Lipinski definition) is 5. The standard InChI is InChI=1S/C37H55N3O5/c1-10-20-38(22-26-16-14-13-15-17-26)32(42)29-28-18-19-37(45-28)30(29)33(43)40(27(23-41)25(4)12-3)31(37)34(44)39(21-11-2)36(8,9)24-35(5,6)7/h10-11,13-17,25,27-31,41H,1-2,12,18-24H2,3-9H3/t25-,27-,28-,29+,30-,31?,37?/m0/s1. The van der Waals surface area contributed by atoms with E-state index >= 15 is 4.79 Å². The van der Waals surface area contributed by atoms with Crippen molar-refractivity contribution in [1.82, 2.24) is 14.7 Å². The van der Waals surface area contributed by atoms with Crippen molar-refractivity contribution in [3.63, 3.8) is 0 Å². The van der Waals surface area contributed by atoms with Gasteiger partial charge >= 0.3 is 0 Å². The third-order valence-electron chi connectivity index (χ3n) is 10.3. The molecule has 0 saturated carbocycles. The maximum atomic E-state index is 15.0. The van der Waals surface area contributed by atoms with E-state index in [2.05, 4.69) is 47.8 Å². The number of aliphatic hydroxyl groups is 1. The van der Waals surface area contributed by atoms with E-state index in [4.69, 9.17) is 4.74 Å². The fourth-order valence-corrected chi connectivity index (χ4v) is 8.53. The second-order valence-electron chi connectivity index (χ2n) is 15.2. The molecule has 2 bridgehead atoms. The highest BCUT2D eigenvalue weighted by atomic mass is 16.5. The van der Waals surface area contributed by atoms with Crippen molar-refractivity contribution >= 4 is 17.7 Å². The molecule has 7 atom stereocenters. The lowest BCUT2D eigenvalue weighted by Gasteiger charge is -2.47. The fraction of sp³-hybridized carbons (Fsp3) is 0.649. The SMILES string of the molecule is C=CCN(Cc1ccccc1)C(=O)[C@@H]1[C@@H]2CCC3(O2)C(C(=O)N(CC=C)C(C)(C)CC(C)(C)C)N([C@@H](CO)[C@@H](C)CC)C(=O)[C@H]13. The van der Waals surface area contributed by atoms with Crippen LogP contribution in [0.1, 0.15) is 79.7 Å². The van der Waals surface area contributed by atoms with Gasteiger partial charge in [-0.2, -0.15) is 0 Å². The summed E-state index contributed by atoms with van der Waals surface area (Å²) in [4.78, 5) is 49.5. The summed E-state index contributed by atoms with van der Waals surface area (Å²) in [6, 6.07) is 8.24. The average Bonchev–Trinajstić information content (AvgIpc) is 3.62. The molecule has 45 heavy (non-hydrogen) atoms. The van der Waals surface area contributed by atoms with E-state index in [0.717, 1.165) is 18.4 Å². The molecular formula is C37H55N3O5. The first-order valence-corrected chi connectivity index (χ1v) is 16.6. The number of nitrogens with zero attached hydrogens (tertiary/aromatic N) is 3. The number of carbonyl (C=O) groups excluding carboxylic acids is 3. The van der Waals surface area contributed by atoms with Gasteiger partial charge in [-0.25, -0.2) is 0 Å². The van der Waals surface area contributed by atoms with Crippen LogP contribution in [0, 0.1) is 23.2 Å². The summed E-state index contributed by atoms with van der Waals surface area (Å²) in [5.74, 6) is -2.23. The molecule has 3 aliphatic heterocycles. The van der Waals surface area contributed by atoms with Gasteiger partial charge < -0.3 is 24.5 Å². The van der Waals surface area contributed by atoms with Crippen LogP contribution in [0.3, 0.4) is 0 Å². The number of amides is 3. The summed E-state index contributed by atoms with van der Waals surface area (Å²) in [6.07, 6.45) is 5.51. The highest BCUT2D eigenvalue weighted by Gasteiger charge is 2.76. The molecule has 2 unspecified atom stereocenters. The molecule has 0 radical (unpaired) electrons. The van der Waals surface area contributed by atoms with Gasteiger partial charge in [-0.15, -0.1) is 13.2 Å². The Labute approximate surface area is 270 Å². The summed E-state index contributed by atoms with van der Waals surface area (Å²) < 4.78 is 6.79. The van der Waals surface area contributed by atoms with Gasteiger partial charge in [-0.1, -0.05) is 83.5 Å². The lowest BCUT2D eigenvalue weighted by atomic mass is 9.70. The lowest BCUT2D eigenvalue weighted by Crippen LogP contribution is -2.63. The number of rotatable bonds is 14. The first-order chi connectivity index (χ1) is 21.2. The molecule has 3 heterocycles. The molecule has 3 amide bonds. The molecule has 1 spiro atoms. The number of aliphatic hydroxyl groups excluding tert-OH is 1. The van der Waals surface area contributed by atoms with Crippen molar-refractivity contribution in [2.75, 3.05) is 19.7 Å². The Morgan fingerprint density at radius 2 is 1.76 bits per heavy atom. The summed E-state index contributed by atoms with van der Waals surface area (Å²) in [6.45, 7) is 23.2. The number of carbonyl (C=O) groups is 3. The zero-order chi connectivity index (χ0) is 33.3. The minimum atomic E-state index is -1.15. The van der Waals surface area contributed by atoms with Gasteiger partial charge in [0.15, 0.2) is 0 Å². The fourth-order valence-electron chi connectivity index (χ4n) is 8.53. The van der Waals surface area contributed by atoms with Crippen molar-refractivity contribution in [3.8, 4) is 0 Å². The smallest absolute Gasteiger partial charge is 0.249 e. The molecule has 1 N–H and O–H groups in total. The number of hydrogen-bond donors (Lipinski definition) is 1. The topological polar surface area (TPSA) is 90.4 Å². The van der Waals surface area contributed by atoms with E-state index < -0.39 is 41.2 Å². The van der Waals surface area contributed by atoms with E-state index in [9.17, 15) is 14.7 Å². The predicted molar refractivity (Wildman–Crippen MR) is 177 cm³/mol. The molecule has 248 valence electrons. The maximum absolute atomic E-state index is 15.0. The zero-order valence-electron chi connectivity index (χ0n) is 28.5. The quantitative estimate of drug-likeness (QED) is 0.288. The Hall–Kier alpha value is -2.97. The van der Waals surface area contributed by atoms with Crippen LogP contribution >= 0.6 is 0 Å². The van der Waals surface area contributed by atoms with Crippen molar-refractivity contribution in [2.45, 2.75) is 110 Å². The number of ether oxygens (including phenoxy) is 1. The highest BCUT2D eigenvalue weighted by Crippen LogP contribution is 2.60. The van der Waals surface area contributed by atoms with E-state index in [0.29, 0.717) is 32.5 Å². The van der Waals surface area contributed by atoms with Crippen LogP contribution in [0.5, 0.6) is 0 Å². The summed E-state index contributed by atoms with van der Waals surface area (Å²) in [5.41, 5.74) is -0.783. The van der Waals surface area contributed by atoms with Crippen LogP contribution in [0.15, 0.2) is 55.6 Å². The minimum Gasteiger partial charge on any atom is -0.394 e. The van der Waals surface area contributed by atoms with Crippen LogP contribution in [-0.4, -0.2) is 86.6 Å². The number of likely N-dealkylation sites (tertiary alicyclic amines) is 1. The van der Waals surface area contributed by atoms with E-state index in [1.165, 1.54) is 0 Å². The molecule has 3 saturated heterocycles. The summed E-state index contributed by atoms with van der Waals surface area (Å²) in [7, 11) is 0. The van der Waals surface area contributed by atoms with Crippen LogP contribution < -0.4 is 0 Å². The first kappa shape index (κ1) is 34.9. The van der Waals surface area contributed by atoms with E-state index in [1.54, 1.807) is 22.0 Å². The largest absolute Gasteiger partial charge is 0.394 e. The van der Waals surface area contributed by atoms with E-state index in [-0.39, 0.29) is 35.7 Å². The van der Waals surface area contributed by atoms with E-state index in [1.807, 2.05) is 49.1 Å². The van der Waals surface area contributed by atoms with Gasteiger partial charge in [0.25, 0.3) is 0 Å². The van der Waals surface area contributed by atoms with Crippen LogP contribution in [0.25, 0.3) is 0 Å². The molecule has 1 aromatic rings. The Balaban J connectivity index is 1.81. The average molecular weight is 622 g/mol. The van der Waals surface area contributed by atoms with Crippen molar-refractivity contribution in [3.05, 3.63) is 61.2 Å².